The number of benzene rings is 1. The Bertz CT molecular complexity index is 525. The Morgan fingerprint density at radius 3 is 2.54 bits per heavy atom. The van der Waals surface area contributed by atoms with Crippen LogP contribution in [-0.4, -0.2) is 42.4 Å². The minimum atomic E-state index is 0.558. The molecule has 24 heavy (non-hydrogen) atoms. The van der Waals surface area contributed by atoms with Crippen LogP contribution in [0.3, 0.4) is 0 Å². The summed E-state index contributed by atoms with van der Waals surface area (Å²) >= 11 is 5.49. The molecule has 1 saturated carbocycles. The highest BCUT2D eigenvalue weighted by Crippen LogP contribution is 2.17. The predicted molar refractivity (Wildman–Crippen MR) is 102 cm³/mol. The van der Waals surface area contributed by atoms with Gasteiger partial charge >= 0.3 is 0 Å². The first-order valence-corrected chi connectivity index (χ1v) is 9.63. The van der Waals surface area contributed by atoms with E-state index in [0.717, 1.165) is 44.5 Å². The molecule has 1 aromatic rings. The Morgan fingerprint density at radius 2 is 1.79 bits per heavy atom. The standard InChI is InChI=1S/C19H29N3OS/c24-19(21-18-8-2-1-3-9-18)20-14-16-6-4-5-7-17(16)15-22-10-12-23-13-11-22/h4-7,18H,1-3,8-15H2,(H2,20,21,24). The van der Waals surface area contributed by atoms with Crippen molar-refractivity contribution in [2.24, 2.45) is 0 Å². The topological polar surface area (TPSA) is 36.5 Å². The zero-order valence-electron chi connectivity index (χ0n) is 14.4. The van der Waals surface area contributed by atoms with E-state index >= 15 is 0 Å². The Morgan fingerprint density at radius 1 is 1.08 bits per heavy atom. The fourth-order valence-electron chi connectivity index (χ4n) is 3.54. The maximum absolute atomic E-state index is 5.49. The van der Waals surface area contributed by atoms with Crippen molar-refractivity contribution >= 4 is 17.3 Å². The van der Waals surface area contributed by atoms with Crippen LogP contribution < -0.4 is 10.6 Å². The third-order valence-electron chi connectivity index (χ3n) is 5.00. The van der Waals surface area contributed by atoms with Gasteiger partial charge in [-0.05, 0) is 36.2 Å². The molecule has 0 spiro atoms. The molecule has 0 unspecified atom stereocenters. The second-order valence-electron chi connectivity index (χ2n) is 6.82. The number of morpholine rings is 1. The van der Waals surface area contributed by atoms with Crippen molar-refractivity contribution < 1.29 is 4.74 Å². The lowest BCUT2D eigenvalue weighted by Crippen LogP contribution is -2.42. The lowest BCUT2D eigenvalue weighted by Gasteiger charge is -2.27. The van der Waals surface area contributed by atoms with Crippen molar-refractivity contribution in [2.75, 3.05) is 26.3 Å². The number of hydrogen-bond acceptors (Lipinski definition) is 3. The number of rotatable bonds is 5. The summed E-state index contributed by atoms with van der Waals surface area (Å²) in [5.41, 5.74) is 2.71. The molecule has 4 nitrogen and oxygen atoms in total. The van der Waals surface area contributed by atoms with E-state index in [-0.39, 0.29) is 0 Å². The second kappa shape index (κ2) is 9.35. The molecule has 0 bridgehead atoms. The molecule has 0 atom stereocenters. The van der Waals surface area contributed by atoms with Gasteiger partial charge in [0.15, 0.2) is 5.11 Å². The molecule has 0 aromatic heterocycles. The van der Waals surface area contributed by atoms with Gasteiger partial charge in [0.2, 0.25) is 0 Å². The van der Waals surface area contributed by atoms with E-state index in [1.807, 2.05) is 0 Å². The first-order chi connectivity index (χ1) is 11.8. The molecule has 1 saturated heterocycles. The van der Waals surface area contributed by atoms with Crippen LogP contribution in [0.15, 0.2) is 24.3 Å². The molecular formula is C19H29N3OS. The smallest absolute Gasteiger partial charge is 0.166 e. The minimum absolute atomic E-state index is 0.558. The Kier molecular flexibility index (Phi) is 6.87. The molecule has 2 fully saturated rings. The lowest BCUT2D eigenvalue weighted by molar-refractivity contribution is 0.0341. The van der Waals surface area contributed by atoms with E-state index in [1.54, 1.807) is 0 Å². The van der Waals surface area contributed by atoms with Gasteiger partial charge in [-0.25, -0.2) is 0 Å². The quantitative estimate of drug-likeness (QED) is 0.801. The second-order valence-corrected chi connectivity index (χ2v) is 7.23. The van der Waals surface area contributed by atoms with Gasteiger partial charge in [-0.15, -0.1) is 0 Å². The molecular weight excluding hydrogens is 318 g/mol. The fraction of sp³-hybridized carbons (Fsp3) is 0.632. The predicted octanol–water partition coefficient (Wildman–Crippen LogP) is 2.82. The third-order valence-corrected chi connectivity index (χ3v) is 5.26. The van der Waals surface area contributed by atoms with E-state index in [2.05, 4.69) is 39.8 Å². The van der Waals surface area contributed by atoms with Crippen LogP contribution >= 0.6 is 12.2 Å². The molecule has 1 heterocycles. The van der Waals surface area contributed by atoms with Gasteiger partial charge in [0.05, 0.1) is 13.2 Å². The molecule has 0 radical (unpaired) electrons. The van der Waals surface area contributed by atoms with Crippen molar-refractivity contribution in [3.05, 3.63) is 35.4 Å². The maximum Gasteiger partial charge on any atom is 0.166 e. The lowest BCUT2D eigenvalue weighted by atomic mass is 9.96. The highest BCUT2D eigenvalue weighted by atomic mass is 32.1. The SMILES string of the molecule is S=C(NCc1ccccc1CN1CCOCC1)NC1CCCCC1. The summed E-state index contributed by atoms with van der Waals surface area (Å²) in [5.74, 6) is 0. The number of hydrogen-bond donors (Lipinski definition) is 2. The Labute approximate surface area is 150 Å². The zero-order chi connectivity index (χ0) is 16.6. The summed E-state index contributed by atoms with van der Waals surface area (Å²) < 4.78 is 5.44. The van der Waals surface area contributed by atoms with Crippen LogP contribution in [0.1, 0.15) is 43.2 Å². The Hall–Kier alpha value is -1.17. The van der Waals surface area contributed by atoms with Crippen molar-refractivity contribution in [2.45, 2.75) is 51.2 Å². The fourth-order valence-corrected chi connectivity index (χ4v) is 3.78. The molecule has 3 rings (SSSR count). The van der Waals surface area contributed by atoms with Crippen LogP contribution in [0.5, 0.6) is 0 Å². The first kappa shape index (κ1) is 17.6. The summed E-state index contributed by atoms with van der Waals surface area (Å²) in [4.78, 5) is 2.46. The van der Waals surface area contributed by atoms with Crippen LogP contribution in [0.25, 0.3) is 0 Å². The van der Waals surface area contributed by atoms with Gasteiger partial charge in [-0.1, -0.05) is 43.5 Å². The summed E-state index contributed by atoms with van der Waals surface area (Å²) in [5, 5.41) is 7.68. The summed E-state index contributed by atoms with van der Waals surface area (Å²) in [6.07, 6.45) is 6.50. The summed E-state index contributed by atoms with van der Waals surface area (Å²) in [6, 6.07) is 9.22. The third kappa shape index (κ3) is 5.43. The Balaban J connectivity index is 1.49. The van der Waals surface area contributed by atoms with E-state index < -0.39 is 0 Å². The highest BCUT2D eigenvalue weighted by molar-refractivity contribution is 7.80. The first-order valence-electron chi connectivity index (χ1n) is 9.22. The summed E-state index contributed by atoms with van der Waals surface area (Å²) in [7, 11) is 0. The van der Waals surface area contributed by atoms with Crippen LogP contribution in [0.2, 0.25) is 0 Å². The average Bonchev–Trinajstić information content (AvgIpc) is 2.63. The van der Waals surface area contributed by atoms with Crippen molar-refractivity contribution in [1.82, 2.24) is 15.5 Å². The van der Waals surface area contributed by atoms with E-state index in [1.165, 1.54) is 43.2 Å². The van der Waals surface area contributed by atoms with Crippen molar-refractivity contribution in [3.8, 4) is 0 Å². The minimum Gasteiger partial charge on any atom is -0.379 e. The molecule has 2 N–H and O–H groups in total. The van der Waals surface area contributed by atoms with Gasteiger partial charge < -0.3 is 15.4 Å². The molecule has 1 aliphatic carbocycles. The molecule has 5 heteroatoms. The van der Waals surface area contributed by atoms with E-state index in [0.29, 0.717) is 6.04 Å². The van der Waals surface area contributed by atoms with E-state index in [4.69, 9.17) is 17.0 Å². The zero-order valence-corrected chi connectivity index (χ0v) is 15.2. The number of thiocarbonyl (C=S) groups is 1. The van der Waals surface area contributed by atoms with Crippen molar-refractivity contribution in [1.29, 1.82) is 0 Å². The van der Waals surface area contributed by atoms with Crippen molar-refractivity contribution in [3.63, 3.8) is 0 Å². The normalized spacial score (nSPS) is 19.8. The molecule has 2 aliphatic rings. The van der Waals surface area contributed by atoms with Crippen LogP contribution in [0.4, 0.5) is 0 Å². The molecule has 1 aromatic carbocycles. The molecule has 0 amide bonds. The molecule has 132 valence electrons. The summed E-state index contributed by atoms with van der Waals surface area (Å²) in [6.45, 7) is 5.50. The van der Waals surface area contributed by atoms with Gasteiger partial charge in [-0.3, -0.25) is 4.90 Å². The molecule has 1 aliphatic heterocycles. The maximum atomic E-state index is 5.49. The van der Waals surface area contributed by atoms with Gasteiger partial charge in [0.1, 0.15) is 0 Å². The van der Waals surface area contributed by atoms with Gasteiger partial charge in [0, 0.05) is 32.2 Å². The highest BCUT2D eigenvalue weighted by Gasteiger charge is 2.15. The van der Waals surface area contributed by atoms with E-state index in [9.17, 15) is 0 Å². The number of nitrogens with one attached hydrogen (secondary N) is 2. The van der Waals surface area contributed by atoms with Crippen LogP contribution in [-0.2, 0) is 17.8 Å². The van der Waals surface area contributed by atoms with Gasteiger partial charge in [0.25, 0.3) is 0 Å². The van der Waals surface area contributed by atoms with Crippen LogP contribution in [0, 0.1) is 0 Å². The monoisotopic (exact) mass is 347 g/mol. The van der Waals surface area contributed by atoms with Gasteiger partial charge in [-0.2, -0.15) is 0 Å². The largest absolute Gasteiger partial charge is 0.379 e. The number of nitrogens with zero attached hydrogens (tertiary/aromatic N) is 1. The number of ether oxygens (including phenoxy) is 1. The average molecular weight is 348 g/mol.